The summed E-state index contributed by atoms with van der Waals surface area (Å²) < 4.78 is 6.55. The van der Waals surface area contributed by atoms with Crippen molar-refractivity contribution in [1.29, 1.82) is 0 Å². The second kappa shape index (κ2) is 7.77. The van der Waals surface area contributed by atoms with Crippen LogP contribution in [0, 0.1) is 5.92 Å². The number of carboxylic acids is 1. The summed E-state index contributed by atoms with van der Waals surface area (Å²) in [7, 11) is 1.56. The highest BCUT2D eigenvalue weighted by molar-refractivity contribution is 6.31. The summed E-state index contributed by atoms with van der Waals surface area (Å²) in [6.07, 6.45) is 1.94. The van der Waals surface area contributed by atoms with Gasteiger partial charge in [0.05, 0.1) is 18.1 Å². The average Bonchev–Trinajstić information content (AvgIpc) is 3.07. The second-order valence-corrected chi connectivity index (χ2v) is 8.69. The number of fused-ring (bicyclic) bond motifs is 2. The van der Waals surface area contributed by atoms with Crippen LogP contribution in [0.15, 0.2) is 45.6 Å². The first kappa shape index (κ1) is 21.3. The van der Waals surface area contributed by atoms with E-state index in [-0.39, 0.29) is 12.1 Å². The maximum absolute atomic E-state index is 13.6. The van der Waals surface area contributed by atoms with Gasteiger partial charge in [-0.15, -0.1) is 0 Å². The van der Waals surface area contributed by atoms with Crippen LogP contribution in [-0.4, -0.2) is 39.0 Å². The van der Waals surface area contributed by atoms with Gasteiger partial charge in [0.1, 0.15) is 0 Å². The second-order valence-electron chi connectivity index (χ2n) is 8.29. The van der Waals surface area contributed by atoms with Crippen molar-refractivity contribution in [2.45, 2.75) is 25.3 Å². The van der Waals surface area contributed by atoms with E-state index in [2.05, 4.69) is 0 Å². The van der Waals surface area contributed by atoms with Crippen LogP contribution in [0.25, 0.3) is 11.1 Å². The van der Waals surface area contributed by atoms with Crippen LogP contribution in [0.4, 0.5) is 10.5 Å². The van der Waals surface area contributed by atoms with Crippen molar-refractivity contribution < 1.29 is 23.9 Å². The topological polar surface area (TPSA) is 113 Å². The summed E-state index contributed by atoms with van der Waals surface area (Å²) in [5.41, 5.74) is 2.76. The lowest BCUT2D eigenvalue weighted by Crippen LogP contribution is -2.60. The Labute approximate surface area is 192 Å². The fraction of sp³-hybridized carbons (Fsp3) is 0.304. The van der Waals surface area contributed by atoms with Gasteiger partial charge in [0.25, 0.3) is 0 Å². The van der Waals surface area contributed by atoms with Gasteiger partial charge in [0.15, 0.2) is 11.5 Å². The van der Waals surface area contributed by atoms with Crippen molar-refractivity contribution in [2.24, 2.45) is 13.0 Å². The molecule has 0 bridgehead atoms. The van der Waals surface area contributed by atoms with Crippen LogP contribution in [0.2, 0.25) is 5.02 Å². The lowest BCUT2D eigenvalue weighted by molar-refractivity contribution is -0.151. The van der Waals surface area contributed by atoms with Crippen molar-refractivity contribution in [3.63, 3.8) is 0 Å². The molecule has 1 aliphatic heterocycles. The minimum absolute atomic E-state index is 0.262. The first-order chi connectivity index (χ1) is 15.8. The fourth-order valence-corrected chi connectivity index (χ4v) is 5.03. The highest BCUT2D eigenvalue weighted by Crippen LogP contribution is 2.40. The van der Waals surface area contributed by atoms with Crippen LogP contribution in [0.1, 0.15) is 30.0 Å². The van der Waals surface area contributed by atoms with Gasteiger partial charge in [-0.05, 0) is 48.6 Å². The van der Waals surface area contributed by atoms with Crippen molar-refractivity contribution in [3.8, 4) is 0 Å². The number of rotatable bonds is 3. The number of aromatic nitrogens is 1. The zero-order chi connectivity index (χ0) is 23.4. The van der Waals surface area contributed by atoms with E-state index in [4.69, 9.17) is 16.0 Å². The molecule has 0 spiro atoms. The summed E-state index contributed by atoms with van der Waals surface area (Å²) in [5.74, 6) is -4.03. The molecule has 2 atom stereocenters. The Morgan fingerprint density at radius 2 is 1.97 bits per heavy atom. The van der Waals surface area contributed by atoms with Gasteiger partial charge in [-0.25, -0.2) is 9.59 Å². The first-order valence-corrected chi connectivity index (χ1v) is 10.9. The normalized spacial score (nSPS) is 20.9. The molecule has 1 N–H and O–H groups in total. The number of carbonyl (C=O) groups excluding carboxylic acids is 2. The highest BCUT2D eigenvalue weighted by atomic mass is 35.5. The smallest absolute Gasteiger partial charge is 0.419 e. The molecule has 0 saturated carbocycles. The highest BCUT2D eigenvalue weighted by Gasteiger charge is 2.47. The number of aliphatic carboxylic acids is 1. The largest absolute Gasteiger partial charge is 0.481 e. The van der Waals surface area contributed by atoms with Crippen molar-refractivity contribution in [1.82, 2.24) is 9.47 Å². The molecular formula is C23H20ClN3O6. The summed E-state index contributed by atoms with van der Waals surface area (Å²) >= 11 is 6.36. The predicted molar refractivity (Wildman–Crippen MR) is 119 cm³/mol. The number of carboxylic acid groups (broad SMARTS) is 1. The maximum Gasteiger partial charge on any atom is 0.419 e. The molecule has 170 valence electrons. The number of nitrogens with zero attached hydrogens (tertiary/aromatic N) is 3. The van der Waals surface area contributed by atoms with Gasteiger partial charge >= 0.3 is 17.8 Å². The summed E-state index contributed by atoms with van der Waals surface area (Å²) in [5, 5.41) is 10.3. The molecule has 5 rings (SSSR count). The standard InChI is InChI=1S/C23H20ClN3O6/c1-25-18-9-8-12(10-19(18)33-23(25)32)26-11-15(21(29)30)20(28)27(22(26)31)17-7-3-4-13-14(17)5-2-6-16(13)24/h2,5-6,8-10,15,17H,3-4,7,11H2,1H3,(H,29,30)/t15?,17-/m1/s1. The molecule has 1 saturated heterocycles. The number of halogens is 1. The molecule has 1 fully saturated rings. The zero-order valence-electron chi connectivity index (χ0n) is 17.7. The van der Waals surface area contributed by atoms with E-state index in [1.165, 1.54) is 15.5 Å². The number of aryl methyl sites for hydroxylation is 1. The number of oxazole rings is 1. The Bertz CT molecular complexity index is 1380. The minimum atomic E-state index is -1.43. The zero-order valence-corrected chi connectivity index (χ0v) is 18.4. The molecule has 9 nitrogen and oxygen atoms in total. The Kier molecular flexibility index (Phi) is 5.01. The Hall–Kier alpha value is -3.59. The molecule has 0 radical (unpaired) electrons. The van der Waals surface area contributed by atoms with E-state index in [1.807, 2.05) is 6.07 Å². The molecule has 3 aromatic rings. The Balaban J connectivity index is 1.60. The Morgan fingerprint density at radius 1 is 1.18 bits per heavy atom. The lowest BCUT2D eigenvalue weighted by Gasteiger charge is -2.42. The molecule has 1 unspecified atom stereocenters. The van der Waals surface area contributed by atoms with Crippen molar-refractivity contribution >= 4 is 46.3 Å². The number of imide groups is 1. The van der Waals surface area contributed by atoms with Crippen molar-refractivity contribution in [2.75, 3.05) is 11.4 Å². The number of benzene rings is 2. The number of amides is 3. The molecule has 33 heavy (non-hydrogen) atoms. The van der Waals surface area contributed by atoms with Crippen LogP contribution in [0.3, 0.4) is 0 Å². The third-order valence-electron chi connectivity index (χ3n) is 6.45. The van der Waals surface area contributed by atoms with E-state index in [0.29, 0.717) is 29.1 Å². The van der Waals surface area contributed by atoms with Gasteiger partial charge in [-0.3, -0.25) is 24.0 Å². The van der Waals surface area contributed by atoms with Gasteiger partial charge < -0.3 is 9.52 Å². The number of anilines is 1. The number of urea groups is 1. The molecule has 2 aliphatic rings. The van der Waals surface area contributed by atoms with E-state index in [1.54, 1.807) is 31.3 Å². The van der Waals surface area contributed by atoms with Gasteiger partial charge in [-0.1, -0.05) is 23.7 Å². The SMILES string of the molecule is Cn1c(=O)oc2cc(N3CC(C(=O)O)C(=O)N([C@@H]4CCCc5c(Cl)cccc54)C3=O)ccc21. The molecule has 1 aromatic heterocycles. The van der Waals surface area contributed by atoms with Gasteiger partial charge in [-0.2, -0.15) is 0 Å². The summed E-state index contributed by atoms with van der Waals surface area (Å²) in [4.78, 5) is 53.0. The average molecular weight is 470 g/mol. The summed E-state index contributed by atoms with van der Waals surface area (Å²) in [6, 6.07) is 8.85. The van der Waals surface area contributed by atoms with Crippen molar-refractivity contribution in [3.05, 3.63) is 63.1 Å². The number of carbonyl (C=O) groups is 3. The van der Waals surface area contributed by atoms with E-state index in [9.17, 15) is 24.3 Å². The van der Waals surface area contributed by atoms with Crippen LogP contribution in [0.5, 0.6) is 0 Å². The molecule has 1 aliphatic carbocycles. The van der Waals surface area contributed by atoms with E-state index in [0.717, 1.165) is 22.4 Å². The van der Waals surface area contributed by atoms with E-state index < -0.39 is 35.6 Å². The third kappa shape index (κ3) is 3.31. The molecule has 3 amide bonds. The maximum atomic E-state index is 13.6. The van der Waals surface area contributed by atoms with Crippen LogP contribution >= 0.6 is 11.6 Å². The van der Waals surface area contributed by atoms with Crippen LogP contribution in [-0.2, 0) is 23.1 Å². The number of hydrogen-bond acceptors (Lipinski definition) is 5. The fourth-order valence-electron chi connectivity index (χ4n) is 4.76. The minimum Gasteiger partial charge on any atom is -0.481 e. The van der Waals surface area contributed by atoms with Crippen LogP contribution < -0.4 is 10.7 Å². The Morgan fingerprint density at radius 3 is 2.73 bits per heavy atom. The predicted octanol–water partition coefficient (Wildman–Crippen LogP) is 3.33. The van der Waals surface area contributed by atoms with Gasteiger partial charge in [0.2, 0.25) is 5.91 Å². The molecule has 2 aromatic carbocycles. The van der Waals surface area contributed by atoms with E-state index >= 15 is 0 Å². The summed E-state index contributed by atoms with van der Waals surface area (Å²) in [6.45, 7) is -0.318. The molecule has 10 heteroatoms. The quantitative estimate of drug-likeness (QED) is 0.589. The third-order valence-corrected chi connectivity index (χ3v) is 6.81. The lowest BCUT2D eigenvalue weighted by atomic mass is 9.85. The first-order valence-electron chi connectivity index (χ1n) is 10.5. The van der Waals surface area contributed by atoms with Gasteiger partial charge in [0, 0.05) is 23.8 Å². The number of hydrogen-bond donors (Lipinski definition) is 1. The monoisotopic (exact) mass is 469 g/mol. The molecular weight excluding hydrogens is 450 g/mol. The molecule has 2 heterocycles.